The second kappa shape index (κ2) is 5.21. The Bertz CT molecular complexity index is 354. The zero-order valence-electron chi connectivity index (χ0n) is 9.89. The number of nitrogens with zero attached hydrogens (tertiary/aromatic N) is 1. The molecule has 0 radical (unpaired) electrons. The number of aliphatic hydroxyl groups is 1. The van der Waals surface area contributed by atoms with E-state index < -0.39 is 0 Å². The van der Waals surface area contributed by atoms with E-state index in [0.717, 1.165) is 13.1 Å². The summed E-state index contributed by atoms with van der Waals surface area (Å²) in [5.41, 5.74) is 1.48. The van der Waals surface area contributed by atoms with Crippen molar-refractivity contribution in [3.05, 3.63) is 29.8 Å². The predicted molar refractivity (Wildman–Crippen MR) is 69.1 cm³/mol. The van der Waals surface area contributed by atoms with Crippen molar-refractivity contribution < 1.29 is 5.11 Å². The van der Waals surface area contributed by atoms with E-state index in [2.05, 4.69) is 36.2 Å². The lowest BCUT2D eigenvalue weighted by molar-refractivity contribution is 0.139. The molecule has 2 nitrogen and oxygen atoms in total. The van der Waals surface area contributed by atoms with Gasteiger partial charge in [-0.3, -0.25) is 0 Å². The van der Waals surface area contributed by atoms with Crippen LogP contribution in [0.3, 0.4) is 0 Å². The van der Waals surface area contributed by atoms with Crippen LogP contribution in [0.15, 0.2) is 29.2 Å². The molecule has 16 heavy (non-hydrogen) atoms. The summed E-state index contributed by atoms with van der Waals surface area (Å²) < 4.78 is 0. The Morgan fingerprint density at radius 1 is 1.50 bits per heavy atom. The summed E-state index contributed by atoms with van der Waals surface area (Å²) in [6.45, 7) is 3.63. The normalized spacial score (nSPS) is 21.1. The molecule has 1 aliphatic heterocycles. The average molecular weight is 237 g/mol. The fourth-order valence-corrected chi connectivity index (χ4v) is 3.52. The molecule has 1 aromatic carbocycles. The molecule has 1 aliphatic rings. The Morgan fingerprint density at radius 3 is 3.00 bits per heavy atom. The standard InChI is InChI=1S/C13H19NOS/c1-10(15)7-14(2)8-11-9-16-13-6-4-3-5-12(11)13/h3-6,10-11,15H,7-9H2,1-2H3. The highest BCUT2D eigenvalue weighted by molar-refractivity contribution is 7.99. The molecule has 0 amide bonds. The fraction of sp³-hybridized carbons (Fsp3) is 0.538. The quantitative estimate of drug-likeness (QED) is 0.868. The summed E-state index contributed by atoms with van der Waals surface area (Å²) in [6.07, 6.45) is -0.241. The Labute approximate surface area is 102 Å². The van der Waals surface area contributed by atoms with Crippen LogP contribution in [0.5, 0.6) is 0 Å². The van der Waals surface area contributed by atoms with Crippen LogP contribution in [-0.4, -0.2) is 42.0 Å². The van der Waals surface area contributed by atoms with E-state index in [4.69, 9.17) is 0 Å². The lowest BCUT2D eigenvalue weighted by Gasteiger charge is -2.22. The average Bonchev–Trinajstić information content (AvgIpc) is 2.61. The molecular weight excluding hydrogens is 218 g/mol. The lowest BCUT2D eigenvalue weighted by atomic mass is 10.0. The van der Waals surface area contributed by atoms with Crippen LogP contribution in [0.25, 0.3) is 0 Å². The van der Waals surface area contributed by atoms with Crippen molar-refractivity contribution >= 4 is 11.8 Å². The van der Waals surface area contributed by atoms with Crippen LogP contribution >= 0.6 is 11.8 Å². The van der Waals surface area contributed by atoms with Crippen LogP contribution < -0.4 is 0 Å². The number of hydrogen-bond acceptors (Lipinski definition) is 3. The summed E-state index contributed by atoms with van der Waals surface area (Å²) in [5, 5.41) is 9.35. The molecule has 0 aliphatic carbocycles. The van der Waals surface area contributed by atoms with Gasteiger partial charge in [0.2, 0.25) is 0 Å². The molecule has 2 atom stereocenters. The monoisotopic (exact) mass is 237 g/mol. The molecule has 0 spiro atoms. The number of hydrogen-bond donors (Lipinski definition) is 1. The van der Waals surface area contributed by atoms with E-state index in [1.165, 1.54) is 16.2 Å². The summed E-state index contributed by atoms with van der Waals surface area (Å²) in [7, 11) is 2.08. The van der Waals surface area contributed by atoms with Gasteiger partial charge in [-0.05, 0) is 25.6 Å². The van der Waals surface area contributed by atoms with Gasteiger partial charge < -0.3 is 10.0 Å². The van der Waals surface area contributed by atoms with Crippen LogP contribution in [-0.2, 0) is 0 Å². The Balaban J connectivity index is 1.98. The summed E-state index contributed by atoms with van der Waals surface area (Å²) in [6, 6.07) is 8.66. The number of likely N-dealkylation sites (N-methyl/N-ethyl adjacent to an activating group) is 1. The first-order chi connectivity index (χ1) is 7.66. The maximum absolute atomic E-state index is 9.35. The number of thioether (sulfide) groups is 1. The van der Waals surface area contributed by atoms with Gasteiger partial charge in [-0.15, -0.1) is 11.8 Å². The highest BCUT2D eigenvalue weighted by Crippen LogP contribution is 2.39. The predicted octanol–water partition coefficient (Wildman–Crippen LogP) is 2.19. The van der Waals surface area contributed by atoms with Crippen molar-refractivity contribution in [1.29, 1.82) is 0 Å². The topological polar surface area (TPSA) is 23.5 Å². The minimum Gasteiger partial charge on any atom is -0.392 e. The van der Waals surface area contributed by atoms with Gasteiger partial charge in [0.1, 0.15) is 0 Å². The van der Waals surface area contributed by atoms with E-state index in [1.807, 2.05) is 18.7 Å². The van der Waals surface area contributed by atoms with Crippen molar-refractivity contribution in [3.8, 4) is 0 Å². The van der Waals surface area contributed by atoms with Crippen LogP contribution in [0.4, 0.5) is 0 Å². The maximum Gasteiger partial charge on any atom is 0.0638 e. The Hall–Kier alpha value is -0.510. The molecule has 1 heterocycles. The van der Waals surface area contributed by atoms with Crippen molar-refractivity contribution in [1.82, 2.24) is 4.90 Å². The second-order valence-electron chi connectivity index (χ2n) is 4.62. The van der Waals surface area contributed by atoms with E-state index in [1.54, 1.807) is 0 Å². The van der Waals surface area contributed by atoms with Crippen molar-refractivity contribution in [2.45, 2.75) is 23.8 Å². The third kappa shape index (κ3) is 2.78. The smallest absolute Gasteiger partial charge is 0.0638 e. The third-order valence-electron chi connectivity index (χ3n) is 2.91. The molecule has 0 saturated carbocycles. The van der Waals surface area contributed by atoms with Crippen LogP contribution in [0.1, 0.15) is 18.4 Å². The number of benzene rings is 1. The molecule has 0 saturated heterocycles. The molecule has 2 unspecified atom stereocenters. The Morgan fingerprint density at radius 2 is 2.25 bits per heavy atom. The van der Waals surface area contributed by atoms with Crippen LogP contribution in [0.2, 0.25) is 0 Å². The number of aliphatic hydroxyl groups excluding tert-OH is 1. The van der Waals surface area contributed by atoms with Gasteiger partial charge in [-0.1, -0.05) is 18.2 Å². The van der Waals surface area contributed by atoms with Gasteiger partial charge in [0.15, 0.2) is 0 Å². The molecule has 1 aromatic rings. The van der Waals surface area contributed by atoms with Gasteiger partial charge in [-0.25, -0.2) is 0 Å². The first-order valence-electron chi connectivity index (χ1n) is 5.75. The van der Waals surface area contributed by atoms with E-state index in [-0.39, 0.29) is 6.10 Å². The Kier molecular flexibility index (Phi) is 3.90. The first-order valence-corrected chi connectivity index (χ1v) is 6.73. The first kappa shape index (κ1) is 12.0. The van der Waals surface area contributed by atoms with Crippen molar-refractivity contribution in [2.24, 2.45) is 0 Å². The van der Waals surface area contributed by atoms with E-state index in [0.29, 0.717) is 5.92 Å². The SMILES string of the molecule is CC(O)CN(C)CC1CSc2ccccc21. The minimum atomic E-state index is -0.241. The number of fused-ring (bicyclic) bond motifs is 1. The lowest BCUT2D eigenvalue weighted by Crippen LogP contribution is -2.31. The van der Waals surface area contributed by atoms with Gasteiger partial charge in [0, 0.05) is 29.7 Å². The fourth-order valence-electron chi connectivity index (χ4n) is 2.28. The zero-order chi connectivity index (χ0) is 11.5. The van der Waals surface area contributed by atoms with Gasteiger partial charge in [0.25, 0.3) is 0 Å². The van der Waals surface area contributed by atoms with Crippen molar-refractivity contribution in [2.75, 3.05) is 25.9 Å². The second-order valence-corrected chi connectivity index (χ2v) is 5.68. The molecule has 0 aromatic heterocycles. The van der Waals surface area contributed by atoms with Crippen LogP contribution in [0, 0.1) is 0 Å². The van der Waals surface area contributed by atoms with Gasteiger partial charge >= 0.3 is 0 Å². The number of rotatable bonds is 4. The minimum absolute atomic E-state index is 0.241. The molecule has 0 fully saturated rings. The zero-order valence-corrected chi connectivity index (χ0v) is 10.7. The largest absolute Gasteiger partial charge is 0.392 e. The molecule has 3 heteroatoms. The molecular formula is C13H19NOS. The summed E-state index contributed by atoms with van der Waals surface area (Å²) in [4.78, 5) is 3.65. The van der Waals surface area contributed by atoms with E-state index in [9.17, 15) is 5.11 Å². The molecule has 1 N–H and O–H groups in total. The third-order valence-corrected chi connectivity index (χ3v) is 4.16. The maximum atomic E-state index is 9.35. The van der Waals surface area contributed by atoms with Gasteiger partial charge in [-0.2, -0.15) is 0 Å². The molecule has 0 bridgehead atoms. The van der Waals surface area contributed by atoms with Crippen molar-refractivity contribution in [3.63, 3.8) is 0 Å². The highest BCUT2D eigenvalue weighted by atomic mass is 32.2. The molecule has 88 valence electrons. The summed E-state index contributed by atoms with van der Waals surface area (Å²) in [5.74, 6) is 1.79. The molecule has 2 rings (SSSR count). The van der Waals surface area contributed by atoms with Gasteiger partial charge in [0.05, 0.1) is 6.10 Å². The summed E-state index contributed by atoms with van der Waals surface area (Å²) >= 11 is 1.95. The highest BCUT2D eigenvalue weighted by Gasteiger charge is 2.23. The van der Waals surface area contributed by atoms with E-state index >= 15 is 0 Å².